The Balaban J connectivity index is 1.21. The fourth-order valence-corrected chi connectivity index (χ4v) is 5.18. The predicted molar refractivity (Wildman–Crippen MR) is 128 cm³/mol. The number of para-hydroxylation sites is 1. The molecule has 2 amide bonds. The van der Waals surface area contributed by atoms with Crippen molar-refractivity contribution in [2.45, 2.75) is 45.2 Å². The quantitative estimate of drug-likeness (QED) is 0.629. The third-order valence-corrected chi connectivity index (χ3v) is 6.99. The Labute approximate surface area is 194 Å². The van der Waals surface area contributed by atoms with Crippen LogP contribution in [0.5, 0.6) is 0 Å². The lowest BCUT2D eigenvalue weighted by molar-refractivity contribution is -0.135. The van der Waals surface area contributed by atoms with E-state index in [2.05, 4.69) is 40.6 Å². The number of anilines is 1. The molecule has 2 atom stereocenters. The molecule has 0 spiro atoms. The number of aromatic nitrogens is 2. The summed E-state index contributed by atoms with van der Waals surface area (Å²) in [6.45, 7) is 1.97. The Kier molecular flexibility index (Phi) is 6.24. The third-order valence-electron chi connectivity index (χ3n) is 6.99. The number of hydrogen-bond donors (Lipinski definition) is 1. The van der Waals surface area contributed by atoms with Crippen molar-refractivity contribution in [2.75, 3.05) is 11.4 Å². The van der Waals surface area contributed by atoms with Crippen LogP contribution in [-0.4, -0.2) is 27.9 Å². The highest BCUT2D eigenvalue weighted by Gasteiger charge is 2.39. The van der Waals surface area contributed by atoms with Crippen molar-refractivity contribution in [3.63, 3.8) is 0 Å². The first-order valence-corrected chi connectivity index (χ1v) is 11.9. The van der Waals surface area contributed by atoms with Gasteiger partial charge in [0.25, 0.3) is 0 Å². The van der Waals surface area contributed by atoms with Gasteiger partial charge in [-0.3, -0.25) is 9.59 Å². The van der Waals surface area contributed by atoms with Crippen LogP contribution in [0, 0.1) is 11.8 Å². The minimum atomic E-state index is -0.250. The maximum absolute atomic E-state index is 13.5. The number of hydrogen-bond acceptors (Lipinski definition) is 3. The first-order valence-electron chi connectivity index (χ1n) is 11.9. The van der Waals surface area contributed by atoms with Crippen LogP contribution in [-0.2, 0) is 29.1 Å². The van der Waals surface area contributed by atoms with Gasteiger partial charge in [0, 0.05) is 43.6 Å². The van der Waals surface area contributed by atoms with Crippen LogP contribution >= 0.6 is 0 Å². The van der Waals surface area contributed by atoms with E-state index in [0.29, 0.717) is 13.1 Å². The van der Waals surface area contributed by atoms with E-state index in [4.69, 9.17) is 0 Å². The molecule has 0 saturated heterocycles. The third kappa shape index (κ3) is 4.70. The zero-order chi connectivity index (χ0) is 22.6. The number of benzene rings is 2. The van der Waals surface area contributed by atoms with E-state index in [1.165, 1.54) is 11.1 Å². The molecule has 1 aliphatic carbocycles. The van der Waals surface area contributed by atoms with Gasteiger partial charge in [-0.2, -0.15) is 0 Å². The fourth-order valence-electron chi connectivity index (χ4n) is 5.18. The number of nitrogens with zero attached hydrogens (tertiary/aromatic N) is 3. The first-order chi connectivity index (χ1) is 16.2. The van der Waals surface area contributed by atoms with E-state index in [9.17, 15) is 9.59 Å². The molecule has 1 aromatic heterocycles. The fraction of sp³-hybridized carbons (Fsp3) is 0.370. The summed E-state index contributed by atoms with van der Waals surface area (Å²) in [5.74, 6) is -0.367. The topological polar surface area (TPSA) is 67.2 Å². The zero-order valence-corrected chi connectivity index (χ0v) is 18.8. The van der Waals surface area contributed by atoms with E-state index in [1.807, 2.05) is 33.9 Å². The van der Waals surface area contributed by atoms with Crippen molar-refractivity contribution < 1.29 is 9.59 Å². The van der Waals surface area contributed by atoms with Gasteiger partial charge in [-0.15, -0.1) is 0 Å². The molecule has 5 rings (SSSR count). The number of carbonyl (C=O) groups excluding carboxylic acids is 2. The van der Waals surface area contributed by atoms with Gasteiger partial charge < -0.3 is 14.8 Å². The minimum absolute atomic E-state index is 0.00280. The summed E-state index contributed by atoms with van der Waals surface area (Å²) < 4.78 is 2.02. The molecule has 33 heavy (non-hydrogen) atoms. The van der Waals surface area contributed by atoms with Gasteiger partial charge in [0.2, 0.25) is 11.8 Å². The molecule has 1 saturated carbocycles. The van der Waals surface area contributed by atoms with Gasteiger partial charge in [-0.05, 0) is 42.0 Å². The first kappa shape index (κ1) is 21.4. The molecule has 2 aliphatic rings. The van der Waals surface area contributed by atoms with Crippen LogP contribution in [0.3, 0.4) is 0 Å². The molecule has 0 bridgehead atoms. The molecule has 0 unspecified atom stereocenters. The van der Waals surface area contributed by atoms with Gasteiger partial charge in [0.15, 0.2) is 0 Å². The largest absolute Gasteiger partial charge is 0.352 e. The molecular formula is C27H30N4O2. The lowest BCUT2D eigenvalue weighted by atomic mass is 9.77. The summed E-state index contributed by atoms with van der Waals surface area (Å²) in [7, 11) is 0. The van der Waals surface area contributed by atoms with Gasteiger partial charge >= 0.3 is 0 Å². The van der Waals surface area contributed by atoms with Gasteiger partial charge in [0.1, 0.15) is 0 Å². The Morgan fingerprint density at radius 1 is 0.970 bits per heavy atom. The maximum Gasteiger partial charge on any atom is 0.230 e. The highest BCUT2D eigenvalue weighted by atomic mass is 16.2. The summed E-state index contributed by atoms with van der Waals surface area (Å²) in [6, 6.07) is 16.4. The highest BCUT2D eigenvalue weighted by Crippen LogP contribution is 2.36. The van der Waals surface area contributed by atoms with Crippen LogP contribution in [0.1, 0.15) is 42.4 Å². The van der Waals surface area contributed by atoms with Crippen LogP contribution in [0.15, 0.2) is 67.3 Å². The molecule has 2 aromatic carbocycles. The summed E-state index contributed by atoms with van der Waals surface area (Å²) in [5, 5.41) is 3.10. The van der Waals surface area contributed by atoms with E-state index in [-0.39, 0.29) is 23.7 Å². The number of fused-ring (bicyclic) bond motifs is 1. The second kappa shape index (κ2) is 9.61. The summed E-state index contributed by atoms with van der Waals surface area (Å²) in [4.78, 5) is 32.6. The number of nitrogens with one attached hydrogen (secondary N) is 1. The Bertz CT molecular complexity index is 1110. The van der Waals surface area contributed by atoms with E-state index in [0.717, 1.165) is 49.9 Å². The molecule has 6 heteroatoms. The molecule has 2 heterocycles. The molecule has 1 N–H and O–H groups in total. The molecule has 1 aliphatic heterocycles. The summed E-state index contributed by atoms with van der Waals surface area (Å²) in [6.07, 6.45) is 9.99. The molecule has 3 aromatic rings. The van der Waals surface area contributed by atoms with Crippen LogP contribution in [0.2, 0.25) is 0 Å². The summed E-state index contributed by atoms with van der Waals surface area (Å²) >= 11 is 0. The lowest BCUT2D eigenvalue weighted by Gasteiger charge is -2.32. The monoisotopic (exact) mass is 442 g/mol. The Hall–Kier alpha value is -3.41. The Morgan fingerprint density at radius 3 is 2.52 bits per heavy atom. The smallest absolute Gasteiger partial charge is 0.230 e. The summed E-state index contributed by atoms with van der Waals surface area (Å²) in [5.41, 5.74) is 4.49. The standard InChI is InChI=1S/C27H30N4O2/c32-26(29-17-20-9-11-21(12-10-20)18-30-16-14-28-19-30)23-6-2-3-7-24(23)27(33)31-15-13-22-5-1-4-8-25(22)31/h1,4-5,8-12,14,16,19,23-24H,2-3,6-7,13,15,17-18H2,(H,29,32)/t23-,24-/m0/s1. The van der Waals surface area contributed by atoms with E-state index >= 15 is 0 Å². The molecule has 6 nitrogen and oxygen atoms in total. The second-order valence-electron chi connectivity index (χ2n) is 9.14. The van der Waals surface area contributed by atoms with Crippen LogP contribution in [0.25, 0.3) is 0 Å². The van der Waals surface area contributed by atoms with Crippen molar-refractivity contribution >= 4 is 17.5 Å². The van der Waals surface area contributed by atoms with Crippen molar-refractivity contribution in [3.8, 4) is 0 Å². The molecule has 170 valence electrons. The average Bonchev–Trinajstić information content (AvgIpc) is 3.53. The molecular weight excluding hydrogens is 412 g/mol. The van der Waals surface area contributed by atoms with Crippen molar-refractivity contribution in [1.29, 1.82) is 0 Å². The lowest BCUT2D eigenvalue weighted by Crippen LogP contribution is -2.45. The number of amides is 2. The van der Waals surface area contributed by atoms with Crippen molar-refractivity contribution in [1.82, 2.24) is 14.9 Å². The number of imidazole rings is 1. The van der Waals surface area contributed by atoms with Gasteiger partial charge in [0.05, 0.1) is 12.2 Å². The predicted octanol–water partition coefficient (Wildman–Crippen LogP) is 3.94. The molecule has 0 radical (unpaired) electrons. The number of rotatable bonds is 6. The van der Waals surface area contributed by atoms with Crippen LogP contribution < -0.4 is 10.2 Å². The van der Waals surface area contributed by atoms with Gasteiger partial charge in [-0.1, -0.05) is 55.3 Å². The molecule has 1 fully saturated rings. The maximum atomic E-state index is 13.5. The minimum Gasteiger partial charge on any atom is -0.352 e. The van der Waals surface area contributed by atoms with Crippen molar-refractivity contribution in [3.05, 3.63) is 83.9 Å². The van der Waals surface area contributed by atoms with E-state index in [1.54, 1.807) is 12.5 Å². The average molecular weight is 443 g/mol. The number of carbonyl (C=O) groups is 2. The Morgan fingerprint density at radius 2 is 1.73 bits per heavy atom. The normalized spacial score (nSPS) is 19.8. The second-order valence-corrected chi connectivity index (χ2v) is 9.14. The van der Waals surface area contributed by atoms with Gasteiger partial charge in [-0.25, -0.2) is 4.98 Å². The van der Waals surface area contributed by atoms with Crippen molar-refractivity contribution in [2.24, 2.45) is 11.8 Å². The zero-order valence-electron chi connectivity index (χ0n) is 18.8. The SMILES string of the molecule is O=C(NCc1ccc(Cn2ccnc2)cc1)[C@H]1CCCC[C@@H]1C(=O)N1CCc2ccccc21. The van der Waals surface area contributed by atoms with Crippen LogP contribution in [0.4, 0.5) is 5.69 Å². The highest BCUT2D eigenvalue weighted by molar-refractivity contribution is 5.99. The van der Waals surface area contributed by atoms with E-state index < -0.39 is 0 Å².